The number of halogens is 1. The normalized spacial score (nSPS) is 12.2. The highest BCUT2D eigenvalue weighted by atomic mass is 19.1. The van der Waals surface area contributed by atoms with E-state index in [1.807, 2.05) is 49.2 Å². The molecule has 2 aromatic rings. The van der Waals surface area contributed by atoms with E-state index in [4.69, 9.17) is 0 Å². The maximum atomic E-state index is 12.9. The number of hydrogen-bond acceptors (Lipinski definition) is 2. The second-order valence-corrected chi connectivity index (χ2v) is 5.06. The standard InChI is InChI=1S/C17H19FN2O/c1-13(14-8-10-15(18)11-9-14)20(2)12-17(21)19-16-6-4-3-5-7-16/h3-11,13H,12H2,1-2H3,(H,19,21). The molecule has 0 saturated heterocycles. The van der Waals surface area contributed by atoms with Crippen molar-refractivity contribution in [2.75, 3.05) is 18.9 Å². The summed E-state index contributed by atoms with van der Waals surface area (Å²) in [6.45, 7) is 2.26. The highest BCUT2D eigenvalue weighted by molar-refractivity contribution is 5.92. The summed E-state index contributed by atoms with van der Waals surface area (Å²) in [5.41, 5.74) is 1.76. The molecule has 2 aromatic carbocycles. The van der Waals surface area contributed by atoms with Crippen molar-refractivity contribution in [3.05, 3.63) is 66.0 Å². The first-order valence-electron chi connectivity index (χ1n) is 6.87. The zero-order valence-electron chi connectivity index (χ0n) is 12.2. The van der Waals surface area contributed by atoms with Crippen LogP contribution < -0.4 is 5.32 Å². The molecule has 1 atom stereocenters. The van der Waals surface area contributed by atoms with Gasteiger partial charge in [0.25, 0.3) is 0 Å². The van der Waals surface area contributed by atoms with Crippen molar-refractivity contribution in [3.63, 3.8) is 0 Å². The molecular formula is C17H19FN2O. The van der Waals surface area contributed by atoms with Crippen LogP contribution in [0, 0.1) is 5.82 Å². The molecule has 1 unspecified atom stereocenters. The fraction of sp³-hybridized carbons (Fsp3) is 0.235. The fourth-order valence-electron chi connectivity index (χ4n) is 2.08. The van der Waals surface area contributed by atoms with E-state index >= 15 is 0 Å². The number of para-hydroxylation sites is 1. The molecule has 0 fully saturated rings. The van der Waals surface area contributed by atoms with E-state index < -0.39 is 0 Å². The molecule has 0 spiro atoms. The first-order valence-corrected chi connectivity index (χ1v) is 6.87. The van der Waals surface area contributed by atoms with Crippen LogP contribution in [-0.2, 0) is 4.79 Å². The van der Waals surface area contributed by atoms with Crippen LogP contribution in [-0.4, -0.2) is 24.4 Å². The number of carbonyl (C=O) groups is 1. The average Bonchev–Trinajstić information content (AvgIpc) is 2.48. The number of amides is 1. The zero-order valence-corrected chi connectivity index (χ0v) is 12.2. The molecule has 0 aliphatic heterocycles. The molecule has 21 heavy (non-hydrogen) atoms. The van der Waals surface area contributed by atoms with Crippen molar-refractivity contribution in [2.24, 2.45) is 0 Å². The minimum atomic E-state index is -0.254. The van der Waals surface area contributed by atoms with Crippen molar-refractivity contribution < 1.29 is 9.18 Å². The summed E-state index contributed by atoms with van der Waals surface area (Å²) >= 11 is 0. The van der Waals surface area contributed by atoms with E-state index in [9.17, 15) is 9.18 Å². The van der Waals surface area contributed by atoms with Crippen LogP contribution in [0.15, 0.2) is 54.6 Å². The number of hydrogen-bond donors (Lipinski definition) is 1. The van der Waals surface area contributed by atoms with Crippen molar-refractivity contribution in [1.82, 2.24) is 4.90 Å². The zero-order chi connectivity index (χ0) is 15.2. The predicted octanol–water partition coefficient (Wildman–Crippen LogP) is 3.46. The first kappa shape index (κ1) is 15.2. The monoisotopic (exact) mass is 286 g/mol. The van der Waals surface area contributed by atoms with Gasteiger partial charge < -0.3 is 5.32 Å². The number of anilines is 1. The highest BCUT2D eigenvalue weighted by Gasteiger charge is 2.15. The lowest BCUT2D eigenvalue weighted by Crippen LogP contribution is -2.32. The minimum Gasteiger partial charge on any atom is -0.325 e. The smallest absolute Gasteiger partial charge is 0.238 e. The molecule has 4 heteroatoms. The molecule has 0 saturated carbocycles. The van der Waals surface area contributed by atoms with E-state index in [0.29, 0.717) is 0 Å². The highest BCUT2D eigenvalue weighted by Crippen LogP contribution is 2.18. The third kappa shape index (κ3) is 4.39. The maximum absolute atomic E-state index is 12.9. The Morgan fingerprint density at radius 2 is 1.76 bits per heavy atom. The van der Waals surface area contributed by atoms with Gasteiger partial charge in [0.15, 0.2) is 0 Å². The Hall–Kier alpha value is -2.20. The van der Waals surface area contributed by atoms with Gasteiger partial charge >= 0.3 is 0 Å². The number of nitrogens with zero attached hydrogens (tertiary/aromatic N) is 1. The Morgan fingerprint density at radius 1 is 1.14 bits per heavy atom. The van der Waals surface area contributed by atoms with Crippen molar-refractivity contribution in [2.45, 2.75) is 13.0 Å². The van der Waals surface area contributed by atoms with Crippen LogP contribution in [0.3, 0.4) is 0 Å². The topological polar surface area (TPSA) is 32.3 Å². The molecule has 0 aliphatic carbocycles. The van der Waals surface area contributed by atoms with E-state index in [-0.39, 0.29) is 24.3 Å². The summed E-state index contributed by atoms with van der Waals surface area (Å²) in [5, 5.41) is 2.85. The Morgan fingerprint density at radius 3 is 2.38 bits per heavy atom. The Labute approximate surface area is 124 Å². The summed E-state index contributed by atoms with van der Waals surface area (Å²) in [5.74, 6) is -0.326. The molecule has 0 aromatic heterocycles. The second kappa shape index (κ2) is 6.99. The van der Waals surface area contributed by atoms with Crippen molar-refractivity contribution in [3.8, 4) is 0 Å². The Bertz CT molecular complexity index is 583. The number of likely N-dealkylation sites (N-methyl/N-ethyl adjacent to an activating group) is 1. The molecule has 0 radical (unpaired) electrons. The van der Waals surface area contributed by atoms with Gasteiger partial charge in [0.05, 0.1) is 6.54 Å². The lowest BCUT2D eigenvalue weighted by atomic mass is 10.1. The summed E-state index contributed by atoms with van der Waals surface area (Å²) in [4.78, 5) is 13.9. The second-order valence-electron chi connectivity index (χ2n) is 5.06. The lowest BCUT2D eigenvalue weighted by molar-refractivity contribution is -0.117. The van der Waals surface area contributed by atoms with E-state index in [1.165, 1.54) is 12.1 Å². The summed E-state index contributed by atoms with van der Waals surface area (Å²) in [6, 6.07) is 15.7. The van der Waals surface area contributed by atoms with Crippen LogP contribution >= 0.6 is 0 Å². The van der Waals surface area contributed by atoms with Gasteiger partial charge in [0.1, 0.15) is 5.82 Å². The average molecular weight is 286 g/mol. The molecule has 0 aliphatic rings. The SMILES string of the molecule is CC(c1ccc(F)cc1)N(C)CC(=O)Nc1ccccc1. The lowest BCUT2D eigenvalue weighted by Gasteiger charge is -2.24. The number of carbonyl (C=O) groups excluding carboxylic acids is 1. The van der Waals surface area contributed by atoms with E-state index in [2.05, 4.69) is 5.32 Å². The molecule has 3 nitrogen and oxygen atoms in total. The van der Waals surface area contributed by atoms with Gasteiger partial charge in [-0.25, -0.2) is 4.39 Å². The van der Waals surface area contributed by atoms with Gasteiger partial charge in [0, 0.05) is 11.7 Å². The van der Waals surface area contributed by atoms with Gasteiger partial charge in [0.2, 0.25) is 5.91 Å². The number of benzene rings is 2. The van der Waals surface area contributed by atoms with Gasteiger partial charge in [-0.05, 0) is 43.8 Å². The number of rotatable bonds is 5. The summed E-state index contributed by atoms with van der Waals surface area (Å²) in [7, 11) is 1.87. The molecule has 2 rings (SSSR count). The number of nitrogens with one attached hydrogen (secondary N) is 1. The van der Waals surface area contributed by atoms with Crippen LogP contribution in [0.1, 0.15) is 18.5 Å². The molecular weight excluding hydrogens is 267 g/mol. The Balaban J connectivity index is 1.92. The molecule has 0 heterocycles. The summed E-state index contributed by atoms with van der Waals surface area (Å²) in [6.07, 6.45) is 0. The van der Waals surface area contributed by atoms with E-state index in [1.54, 1.807) is 12.1 Å². The largest absolute Gasteiger partial charge is 0.325 e. The van der Waals surface area contributed by atoms with Gasteiger partial charge in [-0.3, -0.25) is 9.69 Å². The first-order chi connectivity index (χ1) is 10.1. The van der Waals surface area contributed by atoms with Crippen molar-refractivity contribution in [1.29, 1.82) is 0 Å². The van der Waals surface area contributed by atoms with Crippen LogP contribution in [0.2, 0.25) is 0 Å². The van der Waals surface area contributed by atoms with Gasteiger partial charge in [-0.15, -0.1) is 0 Å². The predicted molar refractivity (Wildman–Crippen MR) is 82.5 cm³/mol. The van der Waals surface area contributed by atoms with Crippen LogP contribution in [0.25, 0.3) is 0 Å². The molecule has 110 valence electrons. The minimum absolute atomic E-state index is 0.0344. The van der Waals surface area contributed by atoms with Gasteiger partial charge in [-0.1, -0.05) is 30.3 Å². The molecule has 0 bridgehead atoms. The van der Waals surface area contributed by atoms with Gasteiger partial charge in [-0.2, -0.15) is 0 Å². The third-order valence-electron chi connectivity index (χ3n) is 3.46. The molecule has 1 N–H and O–H groups in total. The fourth-order valence-corrected chi connectivity index (χ4v) is 2.08. The molecule has 1 amide bonds. The van der Waals surface area contributed by atoms with Crippen molar-refractivity contribution >= 4 is 11.6 Å². The maximum Gasteiger partial charge on any atom is 0.238 e. The van der Waals surface area contributed by atoms with Crippen LogP contribution in [0.4, 0.5) is 10.1 Å². The van der Waals surface area contributed by atoms with Crippen LogP contribution in [0.5, 0.6) is 0 Å². The van der Waals surface area contributed by atoms with E-state index in [0.717, 1.165) is 11.3 Å². The quantitative estimate of drug-likeness (QED) is 0.913. The summed E-state index contributed by atoms with van der Waals surface area (Å²) < 4.78 is 12.9. The third-order valence-corrected chi connectivity index (χ3v) is 3.46. The Kier molecular flexibility index (Phi) is 5.06.